The minimum atomic E-state index is 0.258. The summed E-state index contributed by atoms with van der Waals surface area (Å²) < 4.78 is 6.23. The molecule has 0 radical (unpaired) electrons. The molecule has 0 aromatic rings. The van der Waals surface area contributed by atoms with Crippen LogP contribution in [-0.4, -0.2) is 17.0 Å². The first kappa shape index (κ1) is 14.8. The summed E-state index contributed by atoms with van der Waals surface area (Å²) in [5, 5.41) is 0. The van der Waals surface area contributed by atoms with E-state index in [2.05, 4.69) is 36.7 Å². The van der Waals surface area contributed by atoms with Gasteiger partial charge in [0.1, 0.15) is 0 Å². The zero-order chi connectivity index (χ0) is 13.2. The van der Waals surface area contributed by atoms with Gasteiger partial charge in [-0.15, -0.1) is 0 Å². The molecule has 2 fully saturated rings. The lowest BCUT2D eigenvalue weighted by atomic mass is 9.66. The van der Waals surface area contributed by atoms with Crippen LogP contribution in [0, 0.1) is 11.3 Å². The minimum Gasteiger partial charge on any atom is -0.375 e. The SMILES string of the molecule is CC(Br)CC(C)(C)C1CCOC2(CCCCC2)C1. The zero-order valence-electron chi connectivity index (χ0n) is 12.3. The van der Waals surface area contributed by atoms with Crippen molar-refractivity contribution in [3.05, 3.63) is 0 Å². The molecule has 2 rings (SSSR count). The van der Waals surface area contributed by atoms with Crippen LogP contribution in [0.4, 0.5) is 0 Å². The summed E-state index contributed by atoms with van der Waals surface area (Å²) in [5.41, 5.74) is 0.700. The van der Waals surface area contributed by atoms with E-state index in [1.807, 2.05) is 0 Å². The highest BCUT2D eigenvalue weighted by atomic mass is 79.9. The third-order valence-electron chi connectivity index (χ3n) is 5.17. The fraction of sp³-hybridized carbons (Fsp3) is 1.00. The Morgan fingerprint density at radius 2 is 1.94 bits per heavy atom. The fourth-order valence-corrected chi connectivity index (χ4v) is 4.97. The molecule has 0 aromatic heterocycles. The van der Waals surface area contributed by atoms with Crippen molar-refractivity contribution >= 4 is 15.9 Å². The molecule has 1 nitrogen and oxygen atoms in total. The molecule has 0 aromatic carbocycles. The highest BCUT2D eigenvalue weighted by molar-refractivity contribution is 9.09. The molecular weight excluding hydrogens is 288 g/mol. The van der Waals surface area contributed by atoms with Crippen LogP contribution >= 0.6 is 15.9 Å². The van der Waals surface area contributed by atoms with Crippen molar-refractivity contribution in [2.75, 3.05) is 6.61 Å². The molecule has 106 valence electrons. The van der Waals surface area contributed by atoms with E-state index in [4.69, 9.17) is 4.74 Å². The van der Waals surface area contributed by atoms with Crippen molar-refractivity contribution in [3.63, 3.8) is 0 Å². The molecule has 2 aliphatic rings. The Morgan fingerprint density at radius 3 is 2.56 bits per heavy atom. The second-order valence-corrected chi connectivity index (χ2v) is 8.82. The Kier molecular flexibility index (Phi) is 4.80. The average Bonchev–Trinajstić information content (AvgIpc) is 2.28. The van der Waals surface area contributed by atoms with Crippen molar-refractivity contribution in [2.45, 2.75) is 82.6 Å². The predicted octanol–water partition coefficient (Wildman–Crippen LogP) is 5.32. The summed E-state index contributed by atoms with van der Waals surface area (Å²) in [4.78, 5) is 0.623. The normalized spacial score (nSPS) is 30.3. The first-order chi connectivity index (χ1) is 8.44. The van der Waals surface area contributed by atoms with Crippen molar-refractivity contribution < 1.29 is 4.74 Å². The second kappa shape index (κ2) is 5.83. The van der Waals surface area contributed by atoms with E-state index < -0.39 is 0 Å². The molecule has 1 spiro atoms. The molecule has 1 heterocycles. The number of hydrogen-bond donors (Lipinski definition) is 0. The van der Waals surface area contributed by atoms with Gasteiger partial charge in [0.2, 0.25) is 0 Å². The second-order valence-electron chi connectivity index (χ2n) is 7.26. The monoisotopic (exact) mass is 316 g/mol. The number of halogens is 1. The molecule has 1 saturated carbocycles. The third kappa shape index (κ3) is 3.50. The summed E-state index contributed by atoms with van der Waals surface area (Å²) in [6.07, 6.45) is 10.6. The first-order valence-electron chi connectivity index (χ1n) is 7.72. The van der Waals surface area contributed by atoms with Gasteiger partial charge in [-0.1, -0.05) is 56.0 Å². The summed E-state index contributed by atoms with van der Waals surface area (Å²) >= 11 is 3.73. The quantitative estimate of drug-likeness (QED) is 0.641. The largest absolute Gasteiger partial charge is 0.375 e. The highest BCUT2D eigenvalue weighted by Crippen LogP contribution is 2.48. The Balaban J connectivity index is 2.01. The number of alkyl halides is 1. The molecule has 1 saturated heterocycles. The average molecular weight is 317 g/mol. The van der Waals surface area contributed by atoms with Gasteiger partial charge in [-0.25, -0.2) is 0 Å². The maximum atomic E-state index is 6.23. The number of ether oxygens (including phenoxy) is 1. The van der Waals surface area contributed by atoms with Crippen molar-refractivity contribution in [3.8, 4) is 0 Å². The van der Waals surface area contributed by atoms with E-state index in [-0.39, 0.29) is 5.60 Å². The van der Waals surface area contributed by atoms with Crippen LogP contribution in [0.2, 0.25) is 0 Å². The van der Waals surface area contributed by atoms with Crippen molar-refractivity contribution in [2.24, 2.45) is 11.3 Å². The topological polar surface area (TPSA) is 9.23 Å². The van der Waals surface area contributed by atoms with E-state index in [1.54, 1.807) is 0 Å². The van der Waals surface area contributed by atoms with Crippen LogP contribution in [0.3, 0.4) is 0 Å². The fourth-order valence-electron chi connectivity index (χ4n) is 4.13. The lowest BCUT2D eigenvalue weighted by molar-refractivity contribution is -0.134. The summed E-state index contributed by atoms with van der Waals surface area (Å²) in [5.74, 6) is 0.837. The van der Waals surface area contributed by atoms with E-state index in [1.165, 1.54) is 51.4 Å². The van der Waals surface area contributed by atoms with Crippen LogP contribution in [0.1, 0.15) is 72.1 Å². The molecular formula is C16H29BrO. The van der Waals surface area contributed by atoms with Gasteiger partial charge in [-0.3, -0.25) is 0 Å². The molecule has 2 unspecified atom stereocenters. The highest BCUT2D eigenvalue weighted by Gasteiger charge is 2.43. The van der Waals surface area contributed by atoms with Gasteiger partial charge in [0.25, 0.3) is 0 Å². The Bertz CT molecular complexity index is 261. The molecule has 0 amide bonds. The van der Waals surface area contributed by atoms with Crippen LogP contribution in [0.5, 0.6) is 0 Å². The third-order valence-corrected chi connectivity index (χ3v) is 5.49. The Labute approximate surface area is 121 Å². The van der Waals surface area contributed by atoms with Gasteiger partial charge in [0, 0.05) is 11.4 Å². The summed E-state index contributed by atoms with van der Waals surface area (Å²) in [6, 6.07) is 0. The molecule has 0 bridgehead atoms. The lowest BCUT2D eigenvalue weighted by Gasteiger charge is -2.48. The maximum absolute atomic E-state index is 6.23. The van der Waals surface area contributed by atoms with Crippen LogP contribution in [-0.2, 0) is 4.74 Å². The van der Waals surface area contributed by atoms with Gasteiger partial charge in [-0.05, 0) is 43.4 Å². The van der Waals surface area contributed by atoms with Crippen LogP contribution in [0.25, 0.3) is 0 Å². The van der Waals surface area contributed by atoms with E-state index in [0.29, 0.717) is 10.2 Å². The van der Waals surface area contributed by atoms with Gasteiger partial charge in [0.15, 0.2) is 0 Å². The molecule has 1 aliphatic heterocycles. The standard InChI is InChI=1S/C16H29BrO/c1-13(17)11-15(2,3)14-7-10-18-16(12-14)8-5-4-6-9-16/h13-14H,4-12H2,1-3H3. The van der Waals surface area contributed by atoms with Gasteiger partial charge in [-0.2, -0.15) is 0 Å². The Morgan fingerprint density at radius 1 is 1.28 bits per heavy atom. The van der Waals surface area contributed by atoms with Gasteiger partial charge < -0.3 is 4.74 Å². The minimum absolute atomic E-state index is 0.258. The lowest BCUT2D eigenvalue weighted by Crippen LogP contribution is -2.45. The van der Waals surface area contributed by atoms with Crippen molar-refractivity contribution in [1.29, 1.82) is 0 Å². The summed E-state index contributed by atoms with van der Waals surface area (Å²) in [7, 11) is 0. The molecule has 18 heavy (non-hydrogen) atoms. The molecule has 1 aliphatic carbocycles. The van der Waals surface area contributed by atoms with E-state index in [9.17, 15) is 0 Å². The van der Waals surface area contributed by atoms with E-state index in [0.717, 1.165) is 12.5 Å². The number of hydrogen-bond acceptors (Lipinski definition) is 1. The van der Waals surface area contributed by atoms with Crippen molar-refractivity contribution in [1.82, 2.24) is 0 Å². The first-order valence-corrected chi connectivity index (χ1v) is 8.63. The zero-order valence-corrected chi connectivity index (χ0v) is 13.9. The smallest absolute Gasteiger partial charge is 0.0685 e. The maximum Gasteiger partial charge on any atom is 0.0685 e. The predicted molar refractivity (Wildman–Crippen MR) is 81.3 cm³/mol. The molecule has 2 atom stereocenters. The molecule has 2 heteroatoms. The van der Waals surface area contributed by atoms with Gasteiger partial charge in [0.05, 0.1) is 5.60 Å². The van der Waals surface area contributed by atoms with Gasteiger partial charge >= 0.3 is 0 Å². The molecule has 0 N–H and O–H groups in total. The number of rotatable bonds is 3. The van der Waals surface area contributed by atoms with Crippen LogP contribution < -0.4 is 0 Å². The van der Waals surface area contributed by atoms with Crippen LogP contribution in [0.15, 0.2) is 0 Å². The Hall–Kier alpha value is 0.440. The summed E-state index contributed by atoms with van der Waals surface area (Å²) in [6.45, 7) is 8.18. The van der Waals surface area contributed by atoms with E-state index >= 15 is 0 Å².